The van der Waals surface area contributed by atoms with E-state index in [1.54, 1.807) is 0 Å². The summed E-state index contributed by atoms with van der Waals surface area (Å²) >= 11 is 0. The molecule has 45 heavy (non-hydrogen) atoms. The number of nitrogens with zero attached hydrogens (tertiary/aromatic N) is 4. The highest BCUT2D eigenvalue weighted by molar-refractivity contribution is 6.16. The number of benzene rings is 6. The number of furan rings is 1. The summed E-state index contributed by atoms with van der Waals surface area (Å²) < 4.78 is 6.41. The lowest BCUT2D eigenvalue weighted by molar-refractivity contribution is 0.672. The van der Waals surface area contributed by atoms with Gasteiger partial charge in [0.2, 0.25) is 0 Å². The van der Waals surface area contributed by atoms with Crippen molar-refractivity contribution in [1.29, 1.82) is 0 Å². The van der Waals surface area contributed by atoms with Crippen molar-refractivity contribution in [2.75, 3.05) is 0 Å². The minimum atomic E-state index is 0.571. The molecule has 3 aromatic heterocycles. The monoisotopic (exact) mass is 576 g/mol. The maximum Gasteiger partial charge on any atom is 0.164 e. The first-order chi connectivity index (χ1) is 22.3. The van der Waals surface area contributed by atoms with Crippen molar-refractivity contribution >= 4 is 43.6 Å². The zero-order chi connectivity index (χ0) is 29.7. The first-order valence-corrected chi connectivity index (χ1v) is 14.9. The van der Waals surface area contributed by atoms with E-state index >= 15 is 0 Å². The summed E-state index contributed by atoms with van der Waals surface area (Å²) in [6.07, 6.45) is 1.90. The Morgan fingerprint density at radius 1 is 0.444 bits per heavy atom. The number of rotatable bonds is 4. The molecule has 0 aliphatic rings. The SMILES string of the molecule is c1ccc(-c2ccc3cc(-c4nc(-c5ccccc5)nc(-c5cccc6oc7c8ccccc8cnc7c56)n4)ccc3c2)cc1. The van der Waals surface area contributed by atoms with Gasteiger partial charge in [0.05, 0.1) is 5.39 Å². The second kappa shape index (κ2) is 10.2. The highest BCUT2D eigenvalue weighted by Crippen LogP contribution is 2.38. The third-order valence-electron chi connectivity index (χ3n) is 8.34. The normalized spacial score (nSPS) is 11.6. The van der Waals surface area contributed by atoms with Crippen molar-refractivity contribution < 1.29 is 4.42 Å². The lowest BCUT2D eigenvalue weighted by Crippen LogP contribution is -2.00. The predicted octanol–water partition coefficient (Wildman–Crippen LogP) is 10.1. The molecule has 0 bridgehead atoms. The van der Waals surface area contributed by atoms with E-state index in [-0.39, 0.29) is 0 Å². The average molecular weight is 577 g/mol. The lowest BCUT2D eigenvalue weighted by atomic mass is 10.00. The number of hydrogen-bond acceptors (Lipinski definition) is 5. The molecule has 0 saturated heterocycles. The number of fused-ring (bicyclic) bond motifs is 6. The average Bonchev–Trinajstić information content (AvgIpc) is 3.51. The van der Waals surface area contributed by atoms with Gasteiger partial charge in [0.25, 0.3) is 0 Å². The Morgan fingerprint density at radius 2 is 1.09 bits per heavy atom. The molecule has 5 heteroatoms. The van der Waals surface area contributed by atoms with Crippen molar-refractivity contribution in [3.8, 4) is 45.3 Å². The Balaban J connectivity index is 1.24. The van der Waals surface area contributed by atoms with Crippen LogP contribution in [-0.4, -0.2) is 19.9 Å². The molecule has 0 atom stereocenters. The second-order valence-corrected chi connectivity index (χ2v) is 11.1. The van der Waals surface area contributed by atoms with Crippen molar-refractivity contribution in [3.63, 3.8) is 0 Å². The van der Waals surface area contributed by atoms with Crippen molar-refractivity contribution in [2.45, 2.75) is 0 Å². The lowest BCUT2D eigenvalue weighted by Gasteiger charge is -2.10. The molecular formula is C40H24N4O. The van der Waals surface area contributed by atoms with E-state index in [1.807, 2.05) is 79.0 Å². The first kappa shape index (κ1) is 25.3. The topological polar surface area (TPSA) is 64.7 Å². The highest BCUT2D eigenvalue weighted by Gasteiger charge is 2.19. The van der Waals surface area contributed by atoms with Crippen molar-refractivity contribution in [1.82, 2.24) is 19.9 Å². The Kier molecular flexibility index (Phi) is 5.74. The third kappa shape index (κ3) is 4.33. The highest BCUT2D eigenvalue weighted by atomic mass is 16.3. The molecule has 210 valence electrons. The fourth-order valence-corrected chi connectivity index (χ4v) is 6.11. The van der Waals surface area contributed by atoms with Gasteiger partial charge in [0.1, 0.15) is 11.1 Å². The standard InChI is InChI=1S/C40H24N4O/c1-3-10-25(11-4-1)27-18-19-29-23-30(21-20-28(29)22-27)39-42-38(26-12-5-2-6-13-26)43-40(44-39)33-16-9-17-34-35(33)36-37(45-34)32-15-8-7-14-31(32)24-41-36/h1-24H. The Labute approximate surface area is 258 Å². The fraction of sp³-hybridized carbons (Fsp3) is 0. The largest absolute Gasteiger partial charge is 0.454 e. The van der Waals surface area contributed by atoms with Gasteiger partial charge in [0, 0.05) is 33.7 Å². The molecule has 0 amide bonds. The molecule has 6 aromatic carbocycles. The van der Waals surface area contributed by atoms with Crippen LogP contribution < -0.4 is 0 Å². The van der Waals surface area contributed by atoms with Gasteiger partial charge in [-0.05, 0) is 40.1 Å². The molecule has 3 heterocycles. The molecule has 0 saturated carbocycles. The van der Waals surface area contributed by atoms with Gasteiger partial charge in [-0.25, -0.2) is 15.0 Å². The van der Waals surface area contributed by atoms with Crippen LogP contribution in [-0.2, 0) is 0 Å². The quantitative estimate of drug-likeness (QED) is 0.209. The Morgan fingerprint density at radius 3 is 1.89 bits per heavy atom. The zero-order valence-electron chi connectivity index (χ0n) is 24.1. The molecule has 0 unspecified atom stereocenters. The molecule has 0 N–H and O–H groups in total. The first-order valence-electron chi connectivity index (χ1n) is 14.9. The Bertz CT molecular complexity index is 2540. The van der Waals surface area contributed by atoms with E-state index in [2.05, 4.69) is 66.7 Å². The molecule has 9 rings (SSSR count). The summed E-state index contributed by atoms with van der Waals surface area (Å²) in [6, 6.07) is 47.5. The molecule has 0 aliphatic carbocycles. The smallest absolute Gasteiger partial charge is 0.164 e. The van der Waals surface area contributed by atoms with Crippen LogP contribution in [0.4, 0.5) is 0 Å². The van der Waals surface area contributed by atoms with Crippen LogP contribution in [0.15, 0.2) is 150 Å². The number of aromatic nitrogens is 4. The number of pyridine rings is 1. The van der Waals surface area contributed by atoms with Crippen LogP contribution in [0.25, 0.3) is 88.9 Å². The van der Waals surface area contributed by atoms with E-state index < -0.39 is 0 Å². The van der Waals surface area contributed by atoms with Gasteiger partial charge in [-0.3, -0.25) is 4.98 Å². The van der Waals surface area contributed by atoms with E-state index in [4.69, 9.17) is 24.4 Å². The fourth-order valence-electron chi connectivity index (χ4n) is 6.11. The molecule has 0 fully saturated rings. The third-order valence-corrected chi connectivity index (χ3v) is 8.34. The van der Waals surface area contributed by atoms with Crippen LogP contribution in [0.3, 0.4) is 0 Å². The minimum absolute atomic E-state index is 0.571. The predicted molar refractivity (Wildman–Crippen MR) is 182 cm³/mol. The number of hydrogen-bond donors (Lipinski definition) is 0. The van der Waals surface area contributed by atoms with Gasteiger partial charge >= 0.3 is 0 Å². The van der Waals surface area contributed by atoms with Gasteiger partial charge in [-0.2, -0.15) is 0 Å². The molecular weight excluding hydrogens is 552 g/mol. The Hall–Kier alpha value is -6.20. The summed E-state index contributed by atoms with van der Waals surface area (Å²) in [4.78, 5) is 19.9. The molecule has 9 aromatic rings. The van der Waals surface area contributed by atoms with E-state index in [9.17, 15) is 0 Å². The van der Waals surface area contributed by atoms with Crippen molar-refractivity contribution in [3.05, 3.63) is 146 Å². The van der Waals surface area contributed by atoms with Crippen LogP contribution in [0.5, 0.6) is 0 Å². The van der Waals surface area contributed by atoms with Crippen LogP contribution >= 0.6 is 0 Å². The summed E-state index contributed by atoms with van der Waals surface area (Å²) in [5.41, 5.74) is 7.37. The van der Waals surface area contributed by atoms with Gasteiger partial charge < -0.3 is 4.42 Å². The van der Waals surface area contributed by atoms with Gasteiger partial charge in [-0.1, -0.05) is 121 Å². The minimum Gasteiger partial charge on any atom is -0.454 e. The van der Waals surface area contributed by atoms with E-state index in [1.165, 1.54) is 11.1 Å². The molecule has 0 spiro atoms. The summed E-state index contributed by atoms with van der Waals surface area (Å²) in [5, 5.41) is 5.23. The van der Waals surface area contributed by atoms with E-state index in [0.29, 0.717) is 17.5 Å². The van der Waals surface area contributed by atoms with Crippen LogP contribution in [0.2, 0.25) is 0 Å². The summed E-state index contributed by atoms with van der Waals surface area (Å²) in [5.74, 6) is 1.79. The maximum absolute atomic E-state index is 6.41. The van der Waals surface area contributed by atoms with E-state index in [0.717, 1.165) is 60.3 Å². The molecule has 0 radical (unpaired) electrons. The second-order valence-electron chi connectivity index (χ2n) is 11.1. The van der Waals surface area contributed by atoms with Crippen LogP contribution in [0, 0.1) is 0 Å². The van der Waals surface area contributed by atoms with Crippen molar-refractivity contribution in [2.24, 2.45) is 0 Å². The van der Waals surface area contributed by atoms with Gasteiger partial charge in [-0.15, -0.1) is 0 Å². The summed E-state index contributed by atoms with van der Waals surface area (Å²) in [7, 11) is 0. The molecule has 5 nitrogen and oxygen atoms in total. The maximum atomic E-state index is 6.41. The van der Waals surface area contributed by atoms with Crippen LogP contribution in [0.1, 0.15) is 0 Å². The van der Waals surface area contributed by atoms with Gasteiger partial charge in [0.15, 0.2) is 23.1 Å². The summed E-state index contributed by atoms with van der Waals surface area (Å²) in [6.45, 7) is 0. The molecule has 0 aliphatic heterocycles. The zero-order valence-corrected chi connectivity index (χ0v) is 24.1.